The van der Waals surface area contributed by atoms with E-state index in [4.69, 9.17) is 16.9 Å². The molecule has 0 radical (unpaired) electrons. The van der Waals surface area contributed by atoms with Crippen molar-refractivity contribution >= 4 is 23.4 Å². The van der Waals surface area contributed by atoms with Gasteiger partial charge in [-0.15, -0.1) is 0 Å². The predicted octanol–water partition coefficient (Wildman–Crippen LogP) is 4.38. The number of hydrogen-bond acceptors (Lipinski definition) is 3. The summed E-state index contributed by atoms with van der Waals surface area (Å²) in [5, 5.41) is 14.7. The summed E-state index contributed by atoms with van der Waals surface area (Å²) in [4.78, 5) is 25.3. The summed E-state index contributed by atoms with van der Waals surface area (Å²) >= 11 is 6.25. The van der Waals surface area contributed by atoms with E-state index in [2.05, 4.69) is 10.6 Å². The third-order valence-electron chi connectivity index (χ3n) is 4.86. The number of carbonyl (C=O) groups is 2. The standard InChI is InChI=1S/C25H22ClN3O2/c26-22-9-5-4-8-21(22)19-11-13-20(14-12-19)24(30)29-23(25(31)28-17-16-27)15-10-18-6-2-1-3-7-18/h1-9,11-14,23H,10,15,17H2,(H,28,31)(H,29,30). The second-order valence-corrected chi connectivity index (χ2v) is 7.39. The molecule has 0 bridgehead atoms. The maximum atomic E-state index is 12.8. The highest BCUT2D eigenvalue weighted by molar-refractivity contribution is 6.33. The van der Waals surface area contributed by atoms with Gasteiger partial charge in [0, 0.05) is 16.1 Å². The van der Waals surface area contributed by atoms with E-state index in [1.165, 1.54) is 0 Å². The van der Waals surface area contributed by atoms with Crippen molar-refractivity contribution in [3.8, 4) is 17.2 Å². The molecule has 156 valence electrons. The van der Waals surface area contributed by atoms with Gasteiger partial charge in [0.05, 0.1) is 6.07 Å². The predicted molar refractivity (Wildman–Crippen MR) is 122 cm³/mol. The number of carbonyl (C=O) groups excluding carboxylic acids is 2. The largest absolute Gasteiger partial charge is 0.341 e. The monoisotopic (exact) mass is 431 g/mol. The molecule has 0 aliphatic carbocycles. The van der Waals surface area contributed by atoms with Crippen LogP contribution in [0.15, 0.2) is 78.9 Å². The Morgan fingerprint density at radius 1 is 0.935 bits per heavy atom. The maximum Gasteiger partial charge on any atom is 0.251 e. The normalized spacial score (nSPS) is 11.2. The van der Waals surface area contributed by atoms with Crippen LogP contribution >= 0.6 is 11.6 Å². The lowest BCUT2D eigenvalue weighted by Crippen LogP contribution is -2.47. The van der Waals surface area contributed by atoms with Crippen LogP contribution in [0.4, 0.5) is 0 Å². The van der Waals surface area contributed by atoms with Crippen LogP contribution in [0.5, 0.6) is 0 Å². The average Bonchev–Trinajstić information content (AvgIpc) is 2.81. The van der Waals surface area contributed by atoms with Gasteiger partial charge in [0.2, 0.25) is 5.91 Å². The molecule has 3 rings (SSSR count). The molecule has 0 aliphatic heterocycles. The van der Waals surface area contributed by atoms with Crippen LogP contribution in [-0.4, -0.2) is 24.4 Å². The molecule has 3 aromatic carbocycles. The van der Waals surface area contributed by atoms with Crippen molar-refractivity contribution in [2.45, 2.75) is 18.9 Å². The highest BCUT2D eigenvalue weighted by atomic mass is 35.5. The van der Waals surface area contributed by atoms with E-state index in [1.807, 2.05) is 72.8 Å². The van der Waals surface area contributed by atoms with E-state index < -0.39 is 6.04 Å². The Hall–Kier alpha value is -3.62. The van der Waals surface area contributed by atoms with Gasteiger partial charge in [-0.3, -0.25) is 9.59 Å². The van der Waals surface area contributed by atoms with E-state index in [1.54, 1.807) is 12.1 Å². The maximum absolute atomic E-state index is 12.8. The molecule has 0 spiro atoms. The van der Waals surface area contributed by atoms with Gasteiger partial charge in [0.1, 0.15) is 12.6 Å². The average molecular weight is 432 g/mol. The van der Waals surface area contributed by atoms with E-state index in [9.17, 15) is 9.59 Å². The fraction of sp³-hybridized carbons (Fsp3) is 0.160. The Bertz CT molecular complexity index is 1080. The number of rotatable bonds is 8. The number of halogens is 1. The molecule has 0 fully saturated rings. The highest BCUT2D eigenvalue weighted by Crippen LogP contribution is 2.27. The fourth-order valence-corrected chi connectivity index (χ4v) is 3.46. The van der Waals surface area contributed by atoms with Crippen molar-refractivity contribution in [1.82, 2.24) is 10.6 Å². The van der Waals surface area contributed by atoms with Gasteiger partial charge >= 0.3 is 0 Å². The SMILES string of the molecule is N#CCNC(=O)C(CCc1ccccc1)NC(=O)c1ccc(-c2ccccc2Cl)cc1. The van der Waals surface area contributed by atoms with E-state index in [0.717, 1.165) is 16.7 Å². The molecule has 31 heavy (non-hydrogen) atoms. The zero-order valence-electron chi connectivity index (χ0n) is 16.8. The van der Waals surface area contributed by atoms with Gasteiger partial charge in [-0.05, 0) is 42.2 Å². The van der Waals surface area contributed by atoms with E-state index >= 15 is 0 Å². The van der Waals surface area contributed by atoms with Crippen LogP contribution in [0.1, 0.15) is 22.3 Å². The summed E-state index contributed by atoms with van der Waals surface area (Å²) in [6.45, 7) is -0.108. The molecule has 5 nitrogen and oxygen atoms in total. The first kappa shape index (κ1) is 22.1. The van der Waals surface area contributed by atoms with E-state index in [0.29, 0.717) is 23.4 Å². The lowest BCUT2D eigenvalue weighted by atomic mass is 10.0. The zero-order chi connectivity index (χ0) is 22.1. The summed E-state index contributed by atoms with van der Waals surface area (Å²) in [6, 6.07) is 25.4. The third-order valence-corrected chi connectivity index (χ3v) is 5.19. The minimum atomic E-state index is -0.746. The minimum Gasteiger partial charge on any atom is -0.341 e. The molecule has 1 unspecified atom stereocenters. The zero-order valence-corrected chi connectivity index (χ0v) is 17.6. The Labute approximate surface area is 186 Å². The number of amides is 2. The highest BCUT2D eigenvalue weighted by Gasteiger charge is 2.21. The van der Waals surface area contributed by atoms with Gasteiger partial charge in [-0.25, -0.2) is 0 Å². The minimum absolute atomic E-state index is 0.108. The quantitative estimate of drug-likeness (QED) is 0.519. The Kier molecular flexibility index (Phi) is 7.80. The van der Waals surface area contributed by atoms with Gasteiger partial charge in [-0.2, -0.15) is 5.26 Å². The molecule has 0 saturated carbocycles. The molecule has 3 aromatic rings. The first-order chi connectivity index (χ1) is 15.1. The molecular formula is C25H22ClN3O2. The second-order valence-electron chi connectivity index (χ2n) is 6.98. The molecule has 0 aromatic heterocycles. The number of nitrogens with zero attached hydrogens (tertiary/aromatic N) is 1. The molecule has 2 N–H and O–H groups in total. The van der Waals surface area contributed by atoms with Crippen LogP contribution in [0.3, 0.4) is 0 Å². The van der Waals surface area contributed by atoms with Gasteiger partial charge in [0.25, 0.3) is 5.91 Å². The summed E-state index contributed by atoms with van der Waals surface area (Å²) in [5.74, 6) is -0.727. The Balaban J connectivity index is 1.70. The summed E-state index contributed by atoms with van der Waals surface area (Å²) in [6.07, 6.45) is 1.04. The number of benzene rings is 3. The van der Waals surface area contributed by atoms with Crippen LogP contribution < -0.4 is 10.6 Å². The molecule has 1 atom stereocenters. The lowest BCUT2D eigenvalue weighted by molar-refractivity contribution is -0.122. The van der Waals surface area contributed by atoms with Gasteiger partial charge in [-0.1, -0.05) is 72.3 Å². The summed E-state index contributed by atoms with van der Waals surface area (Å²) < 4.78 is 0. The van der Waals surface area contributed by atoms with Crippen LogP contribution in [-0.2, 0) is 11.2 Å². The number of nitriles is 1. The van der Waals surface area contributed by atoms with Crippen molar-refractivity contribution in [2.24, 2.45) is 0 Å². The molecule has 2 amide bonds. The van der Waals surface area contributed by atoms with Gasteiger partial charge < -0.3 is 10.6 Å². The second kappa shape index (κ2) is 11.0. The van der Waals surface area contributed by atoms with Crippen molar-refractivity contribution in [1.29, 1.82) is 5.26 Å². The Morgan fingerprint density at radius 3 is 2.29 bits per heavy atom. The van der Waals surface area contributed by atoms with Crippen LogP contribution in [0.2, 0.25) is 5.02 Å². The van der Waals surface area contributed by atoms with Gasteiger partial charge in [0.15, 0.2) is 0 Å². The molecule has 0 heterocycles. The first-order valence-electron chi connectivity index (χ1n) is 9.93. The summed E-state index contributed by atoms with van der Waals surface area (Å²) in [7, 11) is 0. The first-order valence-corrected chi connectivity index (χ1v) is 10.3. The fourth-order valence-electron chi connectivity index (χ4n) is 3.21. The summed E-state index contributed by atoms with van der Waals surface area (Å²) in [5.41, 5.74) is 3.29. The van der Waals surface area contributed by atoms with Crippen LogP contribution in [0.25, 0.3) is 11.1 Å². The lowest BCUT2D eigenvalue weighted by Gasteiger charge is -2.18. The molecule has 6 heteroatoms. The van der Waals surface area contributed by atoms with Crippen molar-refractivity contribution in [3.05, 3.63) is 95.0 Å². The smallest absolute Gasteiger partial charge is 0.251 e. The molecular weight excluding hydrogens is 410 g/mol. The Morgan fingerprint density at radius 2 is 1.61 bits per heavy atom. The van der Waals surface area contributed by atoms with Crippen molar-refractivity contribution < 1.29 is 9.59 Å². The number of nitrogens with one attached hydrogen (secondary N) is 2. The van der Waals surface area contributed by atoms with Crippen LogP contribution in [0, 0.1) is 11.3 Å². The number of hydrogen-bond donors (Lipinski definition) is 2. The van der Waals surface area contributed by atoms with Crippen molar-refractivity contribution in [3.63, 3.8) is 0 Å². The third kappa shape index (κ3) is 6.18. The number of aryl methyl sites for hydroxylation is 1. The van der Waals surface area contributed by atoms with E-state index in [-0.39, 0.29) is 18.4 Å². The molecule has 0 aliphatic rings. The molecule has 0 saturated heterocycles. The topological polar surface area (TPSA) is 82.0 Å². The van der Waals surface area contributed by atoms with Crippen molar-refractivity contribution in [2.75, 3.05) is 6.54 Å².